The smallest absolute Gasteiger partial charge is 0.161 e. The molecule has 2 aromatic rings. The van der Waals surface area contributed by atoms with Gasteiger partial charge in [-0.2, -0.15) is 0 Å². The van der Waals surface area contributed by atoms with Crippen LogP contribution in [-0.2, 0) is 0 Å². The summed E-state index contributed by atoms with van der Waals surface area (Å²) < 4.78 is 26.3. The summed E-state index contributed by atoms with van der Waals surface area (Å²) in [5.74, 6) is -1.26. The van der Waals surface area contributed by atoms with Crippen LogP contribution < -0.4 is 10.6 Å². The summed E-state index contributed by atoms with van der Waals surface area (Å²) in [5.41, 5.74) is 0.683. The molecular weight excluding hydrogens is 276 g/mol. The van der Waals surface area contributed by atoms with Crippen LogP contribution in [0.1, 0.15) is 0 Å². The lowest BCUT2D eigenvalue weighted by Gasteiger charge is -2.31. The highest BCUT2D eigenvalue weighted by molar-refractivity contribution is 5.75. The van der Waals surface area contributed by atoms with Crippen LogP contribution in [0.3, 0.4) is 0 Å². The van der Waals surface area contributed by atoms with Gasteiger partial charge in [0, 0.05) is 44.4 Å². The fourth-order valence-electron chi connectivity index (χ4n) is 2.45. The van der Waals surface area contributed by atoms with Gasteiger partial charge in [-0.3, -0.25) is 4.98 Å². The lowest BCUT2D eigenvalue weighted by molar-refractivity contribution is 0.244. The molecule has 2 heterocycles. The van der Waals surface area contributed by atoms with Crippen molar-refractivity contribution in [3.8, 4) is 0 Å². The first kappa shape index (κ1) is 14.1. The van der Waals surface area contributed by atoms with Crippen LogP contribution in [0.25, 0.3) is 11.0 Å². The maximum atomic E-state index is 13.2. The van der Waals surface area contributed by atoms with Crippen molar-refractivity contribution in [3.05, 3.63) is 30.0 Å². The fraction of sp³-hybridized carbons (Fsp3) is 0.429. The molecule has 21 heavy (non-hydrogen) atoms. The minimum absolute atomic E-state index is 0.325. The predicted octanol–water partition coefficient (Wildman–Crippen LogP) is 1.22. The molecule has 112 valence electrons. The maximum absolute atomic E-state index is 13.2. The van der Waals surface area contributed by atoms with Crippen LogP contribution >= 0.6 is 0 Å². The quantitative estimate of drug-likeness (QED) is 0.891. The van der Waals surface area contributed by atoms with Crippen LogP contribution in [0.2, 0.25) is 0 Å². The lowest BCUT2D eigenvalue weighted by atomic mass is 10.2. The highest BCUT2D eigenvalue weighted by Gasteiger charge is 2.16. The monoisotopic (exact) mass is 293 g/mol. The number of piperazine rings is 1. The van der Waals surface area contributed by atoms with Gasteiger partial charge in [-0.1, -0.05) is 0 Å². The summed E-state index contributed by atoms with van der Waals surface area (Å²) in [6, 6.07) is 2.44. The number of nitrogens with one attached hydrogen (secondary N) is 2. The SMILES string of the molecule is CN1CCNC(CNc2cnc3cc(F)c(F)cc3n2)C1. The Labute approximate surface area is 121 Å². The summed E-state index contributed by atoms with van der Waals surface area (Å²) in [5, 5.41) is 6.59. The zero-order valence-corrected chi connectivity index (χ0v) is 11.7. The number of anilines is 1. The normalized spacial score (nSPS) is 19.9. The largest absolute Gasteiger partial charge is 0.367 e. The molecule has 1 atom stereocenters. The zero-order chi connectivity index (χ0) is 14.8. The molecule has 1 aromatic heterocycles. The number of rotatable bonds is 3. The van der Waals surface area contributed by atoms with Crippen LogP contribution in [0.15, 0.2) is 18.3 Å². The van der Waals surface area contributed by atoms with Crippen molar-refractivity contribution < 1.29 is 8.78 Å². The number of hydrogen-bond donors (Lipinski definition) is 2. The molecule has 3 rings (SSSR count). The van der Waals surface area contributed by atoms with Gasteiger partial charge in [0.1, 0.15) is 5.82 Å². The van der Waals surface area contributed by atoms with E-state index in [-0.39, 0.29) is 0 Å². The van der Waals surface area contributed by atoms with Crippen LogP contribution in [-0.4, -0.2) is 54.1 Å². The molecule has 0 saturated carbocycles. The second-order valence-corrected chi connectivity index (χ2v) is 5.30. The number of benzene rings is 1. The Morgan fingerprint density at radius 1 is 1.33 bits per heavy atom. The van der Waals surface area contributed by atoms with Crippen molar-refractivity contribution in [1.29, 1.82) is 0 Å². The minimum Gasteiger partial charge on any atom is -0.367 e. The van der Waals surface area contributed by atoms with Gasteiger partial charge >= 0.3 is 0 Å². The molecule has 1 aliphatic rings. The average molecular weight is 293 g/mol. The second kappa shape index (κ2) is 5.87. The van der Waals surface area contributed by atoms with E-state index >= 15 is 0 Å². The summed E-state index contributed by atoms with van der Waals surface area (Å²) in [4.78, 5) is 10.6. The molecule has 1 aromatic carbocycles. The van der Waals surface area contributed by atoms with Crippen molar-refractivity contribution in [2.45, 2.75) is 6.04 Å². The summed E-state index contributed by atoms with van der Waals surface area (Å²) in [6.45, 7) is 3.65. The Morgan fingerprint density at radius 3 is 2.86 bits per heavy atom. The zero-order valence-electron chi connectivity index (χ0n) is 11.7. The van der Waals surface area contributed by atoms with Crippen molar-refractivity contribution in [2.24, 2.45) is 0 Å². The van der Waals surface area contributed by atoms with Gasteiger partial charge in [0.15, 0.2) is 11.6 Å². The van der Waals surface area contributed by atoms with E-state index in [9.17, 15) is 8.78 Å². The number of hydrogen-bond acceptors (Lipinski definition) is 5. The van der Waals surface area contributed by atoms with Crippen molar-refractivity contribution in [1.82, 2.24) is 20.2 Å². The summed E-state index contributed by atoms with van der Waals surface area (Å²) in [6.07, 6.45) is 1.53. The first-order chi connectivity index (χ1) is 10.1. The number of nitrogens with zero attached hydrogens (tertiary/aromatic N) is 3. The van der Waals surface area contributed by atoms with Gasteiger partial charge in [-0.25, -0.2) is 13.8 Å². The molecule has 0 radical (unpaired) electrons. The highest BCUT2D eigenvalue weighted by atomic mass is 19.2. The molecule has 7 heteroatoms. The summed E-state index contributed by atoms with van der Waals surface area (Å²) >= 11 is 0. The lowest BCUT2D eigenvalue weighted by Crippen LogP contribution is -2.51. The summed E-state index contributed by atoms with van der Waals surface area (Å²) in [7, 11) is 2.08. The number of halogens is 2. The van der Waals surface area contributed by atoms with E-state index in [2.05, 4.69) is 32.5 Å². The van der Waals surface area contributed by atoms with E-state index in [0.717, 1.165) is 31.8 Å². The van der Waals surface area contributed by atoms with Gasteiger partial charge in [-0.15, -0.1) is 0 Å². The van der Waals surface area contributed by atoms with Crippen molar-refractivity contribution in [3.63, 3.8) is 0 Å². The van der Waals surface area contributed by atoms with Gasteiger partial charge in [-0.05, 0) is 7.05 Å². The van der Waals surface area contributed by atoms with E-state index in [4.69, 9.17) is 0 Å². The molecule has 0 bridgehead atoms. The van der Waals surface area contributed by atoms with E-state index < -0.39 is 11.6 Å². The first-order valence-electron chi connectivity index (χ1n) is 6.89. The first-order valence-corrected chi connectivity index (χ1v) is 6.89. The van der Waals surface area contributed by atoms with Crippen molar-refractivity contribution in [2.75, 3.05) is 38.5 Å². The maximum Gasteiger partial charge on any atom is 0.161 e. The topological polar surface area (TPSA) is 53.1 Å². The number of likely N-dealkylation sites (N-methyl/N-ethyl adjacent to an activating group) is 1. The predicted molar refractivity (Wildman–Crippen MR) is 77.2 cm³/mol. The minimum atomic E-state index is -0.912. The Hall–Kier alpha value is -1.86. The number of aromatic nitrogens is 2. The van der Waals surface area contributed by atoms with Gasteiger partial charge in [0.25, 0.3) is 0 Å². The van der Waals surface area contributed by atoms with E-state index in [1.54, 1.807) is 0 Å². The van der Waals surface area contributed by atoms with Gasteiger partial charge < -0.3 is 15.5 Å². The van der Waals surface area contributed by atoms with Crippen molar-refractivity contribution >= 4 is 16.9 Å². The van der Waals surface area contributed by atoms with E-state index in [1.807, 2.05) is 0 Å². The molecule has 5 nitrogen and oxygen atoms in total. The molecule has 1 aliphatic heterocycles. The molecular formula is C14H17F2N5. The Morgan fingerprint density at radius 2 is 2.10 bits per heavy atom. The van der Waals surface area contributed by atoms with E-state index in [1.165, 1.54) is 6.20 Å². The molecule has 0 amide bonds. The van der Waals surface area contributed by atoms with E-state index in [0.29, 0.717) is 29.4 Å². The molecule has 2 N–H and O–H groups in total. The Kier molecular flexibility index (Phi) is 3.94. The standard InChI is InChI=1S/C14H17F2N5/c1-21-3-2-17-9(8-21)6-19-14-7-18-12-4-10(15)11(16)5-13(12)20-14/h4-5,7,9,17H,2-3,6,8H2,1H3,(H,19,20). The highest BCUT2D eigenvalue weighted by Crippen LogP contribution is 2.16. The molecule has 0 aliphatic carbocycles. The van der Waals surface area contributed by atoms with Crippen LogP contribution in [0.4, 0.5) is 14.6 Å². The Bertz CT molecular complexity index is 649. The second-order valence-electron chi connectivity index (χ2n) is 5.30. The van der Waals surface area contributed by atoms with Crippen LogP contribution in [0.5, 0.6) is 0 Å². The fourth-order valence-corrected chi connectivity index (χ4v) is 2.45. The third-order valence-corrected chi connectivity index (χ3v) is 3.57. The average Bonchev–Trinajstić information content (AvgIpc) is 2.46. The van der Waals surface area contributed by atoms with Gasteiger partial charge in [0.2, 0.25) is 0 Å². The third-order valence-electron chi connectivity index (χ3n) is 3.57. The van der Waals surface area contributed by atoms with Gasteiger partial charge in [0.05, 0.1) is 17.2 Å². The molecule has 1 fully saturated rings. The third kappa shape index (κ3) is 3.25. The molecule has 1 saturated heterocycles. The molecule has 1 unspecified atom stereocenters. The van der Waals surface area contributed by atoms with Crippen LogP contribution in [0, 0.1) is 11.6 Å². The Balaban J connectivity index is 1.71. The molecule has 0 spiro atoms. The number of fused-ring (bicyclic) bond motifs is 1.